The van der Waals surface area contributed by atoms with Gasteiger partial charge in [0.05, 0.1) is 39.9 Å². The molecule has 9 heteroatoms. The molecule has 0 fully saturated rings. The van der Waals surface area contributed by atoms with E-state index in [1.807, 2.05) is 21.1 Å². The number of phosphoric acid groups is 1. The van der Waals surface area contributed by atoms with E-state index in [0.29, 0.717) is 23.9 Å². The number of aliphatic hydroxyl groups excluding tert-OH is 1. The molecule has 2 N–H and O–H groups in total. The molecule has 0 radical (unpaired) electrons. The number of unbranched alkanes of at least 4 members (excludes halogenated alkanes) is 58. The molecule has 0 aliphatic carbocycles. The van der Waals surface area contributed by atoms with E-state index in [-0.39, 0.29) is 19.1 Å². The van der Waals surface area contributed by atoms with Crippen LogP contribution in [0.3, 0.4) is 0 Å². The first-order valence-corrected chi connectivity index (χ1v) is 38.8. The molecular formula is C73H149N2O6P. The van der Waals surface area contributed by atoms with Crippen molar-refractivity contribution in [3.63, 3.8) is 0 Å². The quantitative estimate of drug-likeness (QED) is 0.0357. The maximum absolute atomic E-state index is 13.1. The molecule has 3 unspecified atom stereocenters. The molecule has 8 nitrogen and oxygen atoms in total. The fraction of sp³-hybridized carbons (Fsp3) is 0.986. The van der Waals surface area contributed by atoms with Gasteiger partial charge in [-0.1, -0.05) is 393 Å². The Morgan fingerprint density at radius 2 is 0.598 bits per heavy atom. The topological polar surface area (TPSA) is 108 Å². The fourth-order valence-electron chi connectivity index (χ4n) is 12.0. The molecule has 492 valence electrons. The number of rotatable bonds is 71. The Morgan fingerprint density at radius 1 is 0.378 bits per heavy atom. The molecule has 0 bridgehead atoms. The lowest BCUT2D eigenvalue weighted by Crippen LogP contribution is -2.46. The second kappa shape index (κ2) is 65.0. The second-order valence-electron chi connectivity index (χ2n) is 27.4. The predicted octanol–water partition coefficient (Wildman–Crippen LogP) is 23.3. The van der Waals surface area contributed by atoms with E-state index in [0.717, 1.165) is 38.5 Å². The molecule has 1 amide bonds. The van der Waals surface area contributed by atoms with Crippen LogP contribution in [0.4, 0.5) is 0 Å². The van der Waals surface area contributed by atoms with Crippen LogP contribution in [0.1, 0.15) is 412 Å². The van der Waals surface area contributed by atoms with Gasteiger partial charge >= 0.3 is 0 Å². The maximum atomic E-state index is 13.1. The van der Waals surface area contributed by atoms with Gasteiger partial charge in [0.2, 0.25) is 5.91 Å². The first-order chi connectivity index (χ1) is 40.0. The Balaban J connectivity index is 3.92. The Morgan fingerprint density at radius 3 is 0.829 bits per heavy atom. The summed E-state index contributed by atoms with van der Waals surface area (Å²) >= 11 is 0. The third-order valence-corrected chi connectivity index (χ3v) is 18.8. The lowest BCUT2D eigenvalue weighted by Gasteiger charge is -2.30. The summed E-state index contributed by atoms with van der Waals surface area (Å²) < 4.78 is 23.6. The SMILES string of the molecule is CCCCCCCCCCCCCCCCCCCCCCCCCCCCCCCCCCCCC(=O)NC(COP(=O)([O-])OCC[N+](C)(C)C)C(O)CCCCCCCCCCCCCCCCCCCCCCCCCCCC. The monoisotopic (exact) mass is 1180 g/mol. The van der Waals surface area contributed by atoms with Crippen LogP contribution >= 0.6 is 7.82 Å². The minimum atomic E-state index is -4.58. The number of amides is 1. The van der Waals surface area contributed by atoms with E-state index in [2.05, 4.69) is 19.2 Å². The molecule has 0 aromatic carbocycles. The summed E-state index contributed by atoms with van der Waals surface area (Å²) in [7, 11) is 1.33. The molecule has 3 atom stereocenters. The van der Waals surface area contributed by atoms with Crippen molar-refractivity contribution in [2.24, 2.45) is 0 Å². The normalized spacial score (nSPS) is 13.5. The number of nitrogens with zero attached hydrogens (tertiary/aromatic N) is 1. The van der Waals surface area contributed by atoms with Gasteiger partial charge in [-0.15, -0.1) is 0 Å². The van der Waals surface area contributed by atoms with Crippen molar-refractivity contribution in [1.82, 2.24) is 5.32 Å². The molecular weight excluding hydrogens is 1030 g/mol. The Hall–Kier alpha value is -0.500. The lowest BCUT2D eigenvalue weighted by atomic mass is 10.0. The van der Waals surface area contributed by atoms with Crippen LogP contribution in [0, 0.1) is 0 Å². The van der Waals surface area contributed by atoms with Gasteiger partial charge in [0.25, 0.3) is 7.82 Å². The van der Waals surface area contributed by atoms with Crippen molar-refractivity contribution in [3.05, 3.63) is 0 Å². The maximum Gasteiger partial charge on any atom is 0.268 e. The fourth-order valence-corrected chi connectivity index (χ4v) is 12.8. The summed E-state index contributed by atoms with van der Waals surface area (Å²) in [5, 5.41) is 14.1. The third-order valence-electron chi connectivity index (χ3n) is 17.8. The Bertz CT molecular complexity index is 1300. The van der Waals surface area contributed by atoms with Gasteiger partial charge in [0.1, 0.15) is 13.2 Å². The third kappa shape index (κ3) is 67.0. The van der Waals surface area contributed by atoms with Gasteiger partial charge in [0, 0.05) is 6.42 Å². The average Bonchev–Trinajstić information content (AvgIpc) is 3.47. The van der Waals surface area contributed by atoms with E-state index in [4.69, 9.17) is 9.05 Å². The molecule has 0 spiro atoms. The minimum absolute atomic E-state index is 0.0170. The molecule has 82 heavy (non-hydrogen) atoms. The lowest BCUT2D eigenvalue weighted by molar-refractivity contribution is -0.870. The van der Waals surface area contributed by atoms with Crippen LogP contribution in [0.5, 0.6) is 0 Å². The summed E-state index contributed by atoms with van der Waals surface area (Å²) in [6.45, 7) is 4.81. The highest BCUT2D eigenvalue weighted by molar-refractivity contribution is 7.45. The number of carbonyl (C=O) groups is 1. The molecule has 0 aromatic heterocycles. The van der Waals surface area contributed by atoms with E-state index in [1.165, 1.54) is 347 Å². The van der Waals surface area contributed by atoms with Gasteiger partial charge in [-0.05, 0) is 12.8 Å². The van der Waals surface area contributed by atoms with Crippen molar-refractivity contribution in [2.45, 2.75) is 424 Å². The van der Waals surface area contributed by atoms with Gasteiger partial charge in [0.15, 0.2) is 0 Å². The van der Waals surface area contributed by atoms with Crippen molar-refractivity contribution >= 4 is 13.7 Å². The van der Waals surface area contributed by atoms with Crippen LogP contribution < -0.4 is 10.2 Å². The minimum Gasteiger partial charge on any atom is -0.756 e. The number of hydrogen-bond donors (Lipinski definition) is 2. The van der Waals surface area contributed by atoms with Crippen LogP contribution in [0.15, 0.2) is 0 Å². The van der Waals surface area contributed by atoms with Crippen molar-refractivity contribution in [2.75, 3.05) is 40.9 Å². The van der Waals surface area contributed by atoms with Crippen LogP contribution in [-0.4, -0.2) is 68.5 Å². The Labute approximate surface area is 514 Å². The highest BCUT2D eigenvalue weighted by atomic mass is 31.2. The number of hydrogen-bond acceptors (Lipinski definition) is 6. The first-order valence-electron chi connectivity index (χ1n) is 37.4. The van der Waals surface area contributed by atoms with Gasteiger partial charge < -0.3 is 28.8 Å². The van der Waals surface area contributed by atoms with Crippen molar-refractivity contribution in [3.8, 4) is 0 Å². The van der Waals surface area contributed by atoms with Gasteiger partial charge in [-0.25, -0.2) is 0 Å². The van der Waals surface area contributed by atoms with Crippen molar-refractivity contribution in [1.29, 1.82) is 0 Å². The number of carbonyl (C=O) groups excluding carboxylic acids is 1. The summed E-state index contributed by atoms with van der Waals surface area (Å²) in [5.41, 5.74) is 0. The van der Waals surface area contributed by atoms with Crippen LogP contribution in [0.25, 0.3) is 0 Å². The highest BCUT2D eigenvalue weighted by Gasteiger charge is 2.24. The smallest absolute Gasteiger partial charge is 0.268 e. The summed E-state index contributed by atoms with van der Waals surface area (Å²) in [5.74, 6) is -0.153. The number of quaternary nitrogens is 1. The summed E-state index contributed by atoms with van der Waals surface area (Å²) in [4.78, 5) is 25.7. The zero-order valence-corrected chi connectivity index (χ0v) is 57.4. The zero-order chi connectivity index (χ0) is 59.8. The summed E-state index contributed by atoms with van der Waals surface area (Å²) in [6, 6.07) is -0.797. The Kier molecular flexibility index (Phi) is 64.6. The van der Waals surface area contributed by atoms with E-state index in [1.54, 1.807) is 0 Å². The second-order valence-corrected chi connectivity index (χ2v) is 28.8. The summed E-state index contributed by atoms with van der Waals surface area (Å²) in [6.07, 6.45) is 82.1. The number of aliphatic hydroxyl groups is 1. The zero-order valence-electron chi connectivity index (χ0n) is 56.5. The number of likely N-dealkylation sites (N-methyl/N-ethyl adjacent to an activating group) is 1. The standard InChI is InChI=1S/C73H149N2O6P/c1-6-8-10-12-14-16-18-20-22-24-26-28-30-32-34-35-36-37-38-39-40-41-43-45-47-49-51-53-55-57-59-61-63-65-67-73(77)74-71(70-81-82(78,79)80-69-68-75(3,4)5)72(76)66-64-62-60-58-56-54-52-50-48-46-44-42-33-31-29-27-25-23-21-19-17-15-13-11-9-7-2/h71-72,76H,6-70H2,1-5H3,(H-,74,77,78,79). The molecule has 0 aliphatic rings. The number of nitrogens with one attached hydrogen (secondary N) is 1. The molecule has 0 aromatic rings. The molecule has 0 heterocycles. The van der Waals surface area contributed by atoms with Crippen LogP contribution in [-0.2, 0) is 18.4 Å². The molecule has 0 saturated heterocycles. The largest absolute Gasteiger partial charge is 0.756 e. The van der Waals surface area contributed by atoms with Crippen LogP contribution in [0.2, 0.25) is 0 Å². The first kappa shape index (κ1) is 81.5. The van der Waals surface area contributed by atoms with E-state index in [9.17, 15) is 19.4 Å². The molecule has 0 rings (SSSR count). The number of phosphoric ester groups is 1. The average molecular weight is 1180 g/mol. The molecule has 0 aliphatic heterocycles. The van der Waals surface area contributed by atoms with E-state index >= 15 is 0 Å². The van der Waals surface area contributed by atoms with E-state index < -0.39 is 20.0 Å². The van der Waals surface area contributed by atoms with Gasteiger partial charge in [-0.3, -0.25) is 9.36 Å². The highest BCUT2D eigenvalue weighted by Crippen LogP contribution is 2.38. The van der Waals surface area contributed by atoms with Crippen molar-refractivity contribution < 1.29 is 32.9 Å². The van der Waals surface area contributed by atoms with Gasteiger partial charge in [-0.2, -0.15) is 0 Å². The molecule has 0 saturated carbocycles. The predicted molar refractivity (Wildman–Crippen MR) is 358 cm³/mol.